The van der Waals surface area contributed by atoms with Crippen LogP contribution in [0.4, 0.5) is 0 Å². The number of likely N-dealkylation sites (tertiary alicyclic amines) is 1. The van der Waals surface area contributed by atoms with Crippen LogP contribution in [-0.2, 0) is 4.79 Å². The van der Waals surface area contributed by atoms with Crippen LogP contribution in [0.25, 0.3) is 0 Å². The maximum atomic E-state index is 12.4. The number of amides is 1. The average molecular weight is 273 g/mol. The van der Waals surface area contributed by atoms with E-state index >= 15 is 0 Å². The summed E-state index contributed by atoms with van der Waals surface area (Å²) in [6.45, 7) is 5.29. The molecule has 0 saturated carbocycles. The third-order valence-corrected chi connectivity index (χ3v) is 4.34. The van der Waals surface area contributed by atoms with Crippen molar-refractivity contribution in [2.24, 2.45) is 0 Å². The van der Waals surface area contributed by atoms with Crippen LogP contribution in [0.5, 0.6) is 0 Å². The van der Waals surface area contributed by atoms with Gasteiger partial charge in [0.2, 0.25) is 5.91 Å². The molecule has 0 aliphatic carbocycles. The van der Waals surface area contributed by atoms with Crippen molar-refractivity contribution in [1.29, 1.82) is 0 Å². The van der Waals surface area contributed by atoms with E-state index in [-0.39, 0.29) is 0 Å². The lowest BCUT2D eigenvalue weighted by Crippen LogP contribution is -2.49. The molecule has 2 aliphatic heterocycles. The zero-order chi connectivity index (χ0) is 13.8. The van der Waals surface area contributed by atoms with Crippen LogP contribution in [0.3, 0.4) is 0 Å². The summed E-state index contributed by atoms with van der Waals surface area (Å²) in [5, 5.41) is 3.44. The first kappa shape index (κ1) is 13.6. The van der Waals surface area contributed by atoms with E-state index in [0.29, 0.717) is 18.5 Å². The second kappa shape index (κ2) is 6.37. The Kier molecular flexibility index (Phi) is 4.33. The average Bonchev–Trinajstić information content (AvgIpc) is 3.03. The summed E-state index contributed by atoms with van der Waals surface area (Å²) in [6, 6.07) is 10.8. The predicted octanol–water partition coefficient (Wildman–Crippen LogP) is 1.26. The number of rotatable bonds is 3. The summed E-state index contributed by atoms with van der Waals surface area (Å²) in [6.07, 6.45) is 2.32. The van der Waals surface area contributed by atoms with Gasteiger partial charge in [0.25, 0.3) is 0 Å². The van der Waals surface area contributed by atoms with E-state index in [1.807, 2.05) is 11.0 Å². The summed E-state index contributed by atoms with van der Waals surface area (Å²) in [5.74, 6) is 0.297. The summed E-state index contributed by atoms with van der Waals surface area (Å²) in [5.41, 5.74) is 1.30. The zero-order valence-corrected chi connectivity index (χ0v) is 11.9. The fourth-order valence-corrected chi connectivity index (χ4v) is 3.18. The molecular weight excluding hydrogens is 250 g/mol. The number of hydrogen-bond donors (Lipinski definition) is 1. The van der Waals surface area contributed by atoms with Crippen molar-refractivity contribution in [3.63, 3.8) is 0 Å². The predicted molar refractivity (Wildman–Crippen MR) is 79.4 cm³/mol. The van der Waals surface area contributed by atoms with E-state index in [9.17, 15) is 4.79 Å². The lowest BCUT2D eigenvalue weighted by Gasteiger charge is -2.36. The van der Waals surface area contributed by atoms with Gasteiger partial charge in [-0.25, -0.2) is 0 Å². The molecule has 1 N–H and O–H groups in total. The van der Waals surface area contributed by atoms with Crippen molar-refractivity contribution >= 4 is 5.91 Å². The van der Waals surface area contributed by atoms with E-state index in [4.69, 9.17) is 0 Å². The molecule has 1 aromatic rings. The topological polar surface area (TPSA) is 35.6 Å². The Morgan fingerprint density at radius 1 is 1.15 bits per heavy atom. The number of benzene rings is 1. The Balaban J connectivity index is 1.67. The van der Waals surface area contributed by atoms with Crippen molar-refractivity contribution < 1.29 is 4.79 Å². The van der Waals surface area contributed by atoms with Crippen molar-refractivity contribution in [3.8, 4) is 0 Å². The molecule has 2 saturated heterocycles. The van der Waals surface area contributed by atoms with Gasteiger partial charge in [-0.1, -0.05) is 30.3 Å². The molecular formula is C16H23N3O. The smallest absolute Gasteiger partial charge is 0.236 e. The fourth-order valence-electron chi connectivity index (χ4n) is 3.18. The maximum Gasteiger partial charge on any atom is 0.236 e. The minimum atomic E-state index is 0.297. The fraction of sp³-hybridized carbons (Fsp3) is 0.562. The second-order valence-electron chi connectivity index (χ2n) is 5.69. The lowest BCUT2D eigenvalue weighted by molar-refractivity contribution is -0.132. The Labute approximate surface area is 120 Å². The quantitative estimate of drug-likeness (QED) is 0.900. The molecule has 3 rings (SSSR count). The number of nitrogens with one attached hydrogen (secondary N) is 1. The van der Waals surface area contributed by atoms with Crippen LogP contribution in [0.1, 0.15) is 24.4 Å². The molecule has 2 fully saturated rings. The Morgan fingerprint density at radius 2 is 1.90 bits per heavy atom. The number of carbonyl (C=O) groups excluding carboxylic acids is 1. The molecule has 4 nitrogen and oxygen atoms in total. The largest absolute Gasteiger partial charge is 0.342 e. The first-order valence-electron chi connectivity index (χ1n) is 7.62. The second-order valence-corrected chi connectivity index (χ2v) is 5.69. The standard InChI is InChI=1S/C16H23N3O/c20-16(18-9-4-5-10-18)13-19-11-8-17-12-15(19)14-6-2-1-3-7-14/h1-3,6-7,15,17H,4-5,8-13H2/t15-/m0/s1. The van der Waals surface area contributed by atoms with Gasteiger partial charge in [-0.2, -0.15) is 0 Å². The van der Waals surface area contributed by atoms with Gasteiger partial charge in [0.15, 0.2) is 0 Å². The van der Waals surface area contributed by atoms with E-state index in [0.717, 1.165) is 45.6 Å². The summed E-state index contributed by atoms with van der Waals surface area (Å²) in [7, 11) is 0. The molecule has 2 heterocycles. The molecule has 0 unspecified atom stereocenters. The van der Waals surface area contributed by atoms with Crippen molar-refractivity contribution in [1.82, 2.24) is 15.1 Å². The van der Waals surface area contributed by atoms with Crippen LogP contribution in [0.15, 0.2) is 30.3 Å². The molecule has 108 valence electrons. The third kappa shape index (κ3) is 3.02. The van der Waals surface area contributed by atoms with Crippen molar-refractivity contribution in [2.75, 3.05) is 39.3 Å². The van der Waals surface area contributed by atoms with E-state index in [1.54, 1.807) is 0 Å². The molecule has 1 atom stereocenters. The van der Waals surface area contributed by atoms with Gasteiger partial charge in [-0.3, -0.25) is 9.69 Å². The molecule has 20 heavy (non-hydrogen) atoms. The van der Waals surface area contributed by atoms with Gasteiger partial charge >= 0.3 is 0 Å². The van der Waals surface area contributed by atoms with E-state index in [1.165, 1.54) is 5.56 Å². The molecule has 2 aliphatic rings. The molecule has 0 bridgehead atoms. The van der Waals surface area contributed by atoms with Gasteiger partial charge in [0.1, 0.15) is 0 Å². The highest BCUT2D eigenvalue weighted by molar-refractivity contribution is 5.78. The number of nitrogens with zero attached hydrogens (tertiary/aromatic N) is 2. The monoisotopic (exact) mass is 273 g/mol. The lowest BCUT2D eigenvalue weighted by atomic mass is 10.0. The van der Waals surface area contributed by atoms with Crippen LogP contribution in [0, 0.1) is 0 Å². The first-order valence-corrected chi connectivity index (χ1v) is 7.62. The van der Waals surface area contributed by atoms with Crippen LogP contribution in [0.2, 0.25) is 0 Å². The number of piperazine rings is 1. The van der Waals surface area contributed by atoms with Gasteiger partial charge in [-0.15, -0.1) is 0 Å². The first-order chi connectivity index (χ1) is 9.84. The molecule has 1 amide bonds. The normalized spacial score (nSPS) is 24.0. The SMILES string of the molecule is O=C(CN1CCNC[C@H]1c1ccccc1)N1CCCC1. The summed E-state index contributed by atoms with van der Waals surface area (Å²) >= 11 is 0. The van der Waals surface area contributed by atoms with Crippen molar-refractivity contribution in [2.45, 2.75) is 18.9 Å². The summed E-state index contributed by atoms with van der Waals surface area (Å²) in [4.78, 5) is 16.7. The minimum Gasteiger partial charge on any atom is -0.342 e. The molecule has 1 aromatic carbocycles. The zero-order valence-electron chi connectivity index (χ0n) is 11.9. The molecule has 0 radical (unpaired) electrons. The highest BCUT2D eigenvalue weighted by atomic mass is 16.2. The highest BCUT2D eigenvalue weighted by Gasteiger charge is 2.27. The van der Waals surface area contributed by atoms with Crippen molar-refractivity contribution in [3.05, 3.63) is 35.9 Å². The molecule has 0 spiro atoms. The van der Waals surface area contributed by atoms with Gasteiger partial charge in [-0.05, 0) is 18.4 Å². The van der Waals surface area contributed by atoms with E-state index < -0.39 is 0 Å². The molecule has 4 heteroatoms. The van der Waals surface area contributed by atoms with Crippen LogP contribution < -0.4 is 5.32 Å². The third-order valence-electron chi connectivity index (χ3n) is 4.34. The van der Waals surface area contributed by atoms with Gasteiger partial charge in [0, 0.05) is 38.8 Å². The number of carbonyl (C=O) groups is 1. The van der Waals surface area contributed by atoms with Gasteiger partial charge in [0.05, 0.1) is 6.54 Å². The van der Waals surface area contributed by atoms with Crippen LogP contribution in [-0.4, -0.2) is 55.0 Å². The highest BCUT2D eigenvalue weighted by Crippen LogP contribution is 2.22. The van der Waals surface area contributed by atoms with E-state index in [2.05, 4.69) is 34.5 Å². The molecule has 0 aromatic heterocycles. The Hall–Kier alpha value is -1.39. The summed E-state index contributed by atoms with van der Waals surface area (Å²) < 4.78 is 0. The maximum absolute atomic E-state index is 12.4. The Morgan fingerprint density at radius 3 is 2.65 bits per heavy atom. The minimum absolute atomic E-state index is 0.297. The number of hydrogen-bond acceptors (Lipinski definition) is 3. The Bertz CT molecular complexity index is 442. The van der Waals surface area contributed by atoms with Crippen LogP contribution >= 0.6 is 0 Å². The van der Waals surface area contributed by atoms with Gasteiger partial charge < -0.3 is 10.2 Å².